The van der Waals surface area contributed by atoms with Gasteiger partial charge in [0.25, 0.3) is 12.3 Å². The minimum Gasteiger partial charge on any atom is -0.368 e. The zero-order chi connectivity index (χ0) is 21.1. The van der Waals surface area contributed by atoms with Crippen molar-refractivity contribution in [2.24, 2.45) is 0 Å². The molecule has 3 aromatic rings. The van der Waals surface area contributed by atoms with Gasteiger partial charge in [-0.3, -0.25) is 4.79 Å². The number of rotatable bonds is 5. The average Bonchev–Trinajstić information content (AvgIpc) is 3.25. The Kier molecular flexibility index (Phi) is 5.65. The van der Waals surface area contributed by atoms with Gasteiger partial charge in [0.1, 0.15) is 12.1 Å². The van der Waals surface area contributed by atoms with Crippen molar-refractivity contribution in [3.63, 3.8) is 0 Å². The van der Waals surface area contributed by atoms with Crippen LogP contribution in [0.15, 0.2) is 55.2 Å². The predicted molar refractivity (Wildman–Crippen MR) is 110 cm³/mol. The van der Waals surface area contributed by atoms with Crippen LogP contribution >= 0.6 is 0 Å². The van der Waals surface area contributed by atoms with Gasteiger partial charge in [-0.1, -0.05) is 6.07 Å². The van der Waals surface area contributed by atoms with Crippen LogP contribution in [0.4, 0.5) is 20.3 Å². The van der Waals surface area contributed by atoms with Crippen molar-refractivity contribution in [1.82, 2.24) is 15.0 Å². The van der Waals surface area contributed by atoms with Crippen molar-refractivity contribution in [3.05, 3.63) is 77.5 Å². The Morgan fingerprint density at radius 3 is 2.77 bits per heavy atom. The lowest BCUT2D eigenvalue weighted by Gasteiger charge is -2.19. The van der Waals surface area contributed by atoms with Crippen LogP contribution in [0.25, 0.3) is 0 Å². The average molecular weight is 409 g/mol. The number of hydrogen-bond acceptors (Lipinski definition) is 5. The smallest absolute Gasteiger partial charge is 0.264 e. The summed E-state index contributed by atoms with van der Waals surface area (Å²) in [5, 5.41) is 2.62. The largest absolute Gasteiger partial charge is 0.368 e. The van der Waals surface area contributed by atoms with E-state index in [1.54, 1.807) is 18.5 Å². The Morgan fingerprint density at radius 2 is 2.00 bits per heavy atom. The van der Waals surface area contributed by atoms with Crippen LogP contribution < -0.4 is 10.2 Å². The summed E-state index contributed by atoms with van der Waals surface area (Å²) in [4.78, 5) is 27.1. The van der Waals surface area contributed by atoms with Crippen LogP contribution in [0.2, 0.25) is 0 Å². The molecule has 0 bridgehead atoms. The number of amides is 1. The summed E-state index contributed by atoms with van der Waals surface area (Å²) in [6.07, 6.45) is 4.71. The van der Waals surface area contributed by atoms with Crippen LogP contribution in [-0.4, -0.2) is 33.9 Å². The molecule has 1 aromatic carbocycles. The molecule has 4 rings (SSSR count). The molecule has 6 nitrogen and oxygen atoms in total. The van der Waals surface area contributed by atoms with E-state index >= 15 is 0 Å². The van der Waals surface area contributed by atoms with E-state index in [9.17, 15) is 13.6 Å². The lowest BCUT2D eigenvalue weighted by Crippen LogP contribution is -2.20. The van der Waals surface area contributed by atoms with Gasteiger partial charge in [-0.05, 0) is 48.7 Å². The molecule has 30 heavy (non-hydrogen) atoms. The summed E-state index contributed by atoms with van der Waals surface area (Å²) in [6, 6.07) is 7.96. The molecule has 1 N–H and O–H groups in total. The molecule has 8 heteroatoms. The second kappa shape index (κ2) is 8.52. The number of carbonyl (C=O) groups excluding carboxylic acids is 1. The summed E-state index contributed by atoms with van der Waals surface area (Å²) in [6.45, 7) is 3.73. The second-order valence-electron chi connectivity index (χ2n) is 7.33. The number of aryl methyl sites for hydroxylation is 1. The summed E-state index contributed by atoms with van der Waals surface area (Å²) in [7, 11) is 0. The van der Waals surface area contributed by atoms with Crippen molar-refractivity contribution in [2.45, 2.75) is 25.7 Å². The predicted octanol–water partition coefficient (Wildman–Crippen LogP) is 4.36. The summed E-state index contributed by atoms with van der Waals surface area (Å²) < 4.78 is 25.8. The Balaban J connectivity index is 1.51. The first-order valence-corrected chi connectivity index (χ1v) is 9.67. The van der Waals surface area contributed by atoms with Gasteiger partial charge >= 0.3 is 0 Å². The Bertz CT molecular complexity index is 1040. The first-order valence-electron chi connectivity index (χ1n) is 9.67. The molecule has 2 aromatic heterocycles. The fourth-order valence-corrected chi connectivity index (χ4v) is 3.76. The number of aromatic nitrogens is 3. The van der Waals surface area contributed by atoms with E-state index in [1.165, 1.54) is 24.7 Å². The molecule has 0 aliphatic carbocycles. The van der Waals surface area contributed by atoms with Crippen LogP contribution in [0.3, 0.4) is 0 Å². The van der Waals surface area contributed by atoms with Crippen molar-refractivity contribution in [2.75, 3.05) is 23.3 Å². The molecule has 3 heterocycles. The first kappa shape index (κ1) is 19.9. The summed E-state index contributed by atoms with van der Waals surface area (Å²) in [5.41, 5.74) is 3.50. The number of hydrogen-bond donors (Lipinski definition) is 1. The normalized spacial score (nSPS) is 16.1. The second-order valence-corrected chi connectivity index (χ2v) is 7.33. The van der Waals surface area contributed by atoms with Gasteiger partial charge in [0.05, 0.1) is 18.1 Å². The molecule has 0 radical (unpaired) electrons. The maximum Gasteiger partial charge on any atom is 0.264 e. The van der Waals surface area contributed by atoms with E-state index in [0.29, 0.717) is 5.56 Å². The van der Waals surface area contributed by atoms with E-state index in [-0.39, 0.29) is 23.2 Å². The number of nitrogens with one attached hydrogen (secondary N) is 1. The Morgan fingerprint density at radius 1 is 1.20 bits per heavy atom. The van der Waals surface area contributed by atoms with Crippen molar-refractivity contribution < 1.29 is 13.6 Å². The third-order valence-electron chi connectivity index (χ3n) is 5.36. The van der Waals surface area contributed by atoms with Crippen LogP contribution in [0.5, 0.6) is 0 Å². The molecule has 1 fully saturated rings. The minimum atomic E-state index is -2.62. The molecule has 1 saturated heterocycles. The maximum absolute atomic E-state index is 12.9. The number of carbonyl (C=O) groups is 1. The molecule has 0 spiro atoms. The fourth-order valence-electron chi connectivity index (χ4n) is 3.76. The molecule has 1 amide bonds. The Labute approximate surface area is 173 Å². The molecule has 1 atom stereocenters. The third-order valence-corrected chi connectivity index (χ3v) is 5.36. The monoisotopic (exact) mass is 409 g/mol. The quantitative estimate of drug-likeness (QED) is 0.678. The van der Waals surface area contributed by atoms with Gasteiger partial charge in [-0.15, -0.1) is 0 Å². The van der Waals surface area contributed by atoms with Crippen molar-refractivity contribution in [3.8, 4) is 0 Å². The van der Waals surface area contributed by atoms with E-state index < -0.39 is 6.43 Å². The highest BCUT2D eigenvalue weighted by molar-refractivity contribution is 6.04. The number of benzene rings is 1. The highest BCUT2D eigenvalue weighted by atomic mass is 19.3. The van der Waals surface area contributed by atoms with E-state index in [1.807, 2.05) is 19.1 Å². The highest BCUT2D eigenvalue weighted by Crippen LogP contribution is 2.32. The molecule has 1 aliphatic rings. The molecular formula is C22H21F2N5O. The Hall–Kier alpha value is -3.42. The van der Waals surface area contributed by atoms with E-state index in [4.69, 9.17) is 0 Å². The lowest BCUT2D eigenvalue weighted by molar-refractivity contribution is 0.102. The maximum atomic E-state index is 12.9. The lowest BCUT2D eigenvalue weighted by atomic mass is 9.92. The van der Waals surface area contributed by atoms with Gasteiger partial charge < -0.3 is 10.2 Å². The SMILES string of the molecule is Cc1ccc(C(=O)Nc2cc(C(F)F)ccn2)cc1[C@@H]1CCN(c2cncnc2)C1. The number of nitrogens with zero attached hydrogens (tertiary/aromatic N) is 4. The fraction of sp³-hybridized carbons (Fsp3) is 0.273. The van der Waals surface area contributed by atoms with Gasteiger partial charge in [0.15, 0.2) is 0 Å². The van der Waals surface area contributed by atoms with Crippen LogP contribution in [-0.2, 0) is 0 Å². The number of pyridine rings is 1. The molecule has 0 unspecified atom stereocenters. The zero-order valence-electron chi connectivity index (χ0n) is 16.4. The number of halogens is 2. The van der Waals surface area contributed by atoms with Crippen LogP contribution in [0.1, 0.15) is 45.8 Å². The number of anilines is 2. The molecule has 154 valence electrons. The standard InChI is InChI=1S/C22H21F2N5O/c1-14-2-3-16(22(30)28-20-9-15(21(23)24)4-6-27-20)8-19(14)17-5-7-29(12-17)18-10-25-13-26-11-18/h2-4,6,8-11,13,17,21H,5,7,12H2,1H3,(H,27,28,30)/t17-/m1/s1. The summed E-state index contributed by atoms with van der Waals surface area (Å²) in [5.74, 6) is 0.00997. The molecule has 1 aliphatic heterocycles. The zero-order valence-corrected chi connectivity index (χ0v) is 16.4. The minimum absolute atomic E-state index is 0.107. The highest BCUT2D eigenvalue weighted by Gasteiger charge is 2.26. The van der Waals surface area contributed by atoms with Gasteiger partial charge in [-0.2, -0.15) is 0 Å². The van der Waals surface area contributed by atoms with Crippen molar-refractivity contribution >= 4 is 17.4 Å². The van der Waals surface area contributed by atoms with Gasteiger partial charge in [-0.25, -0.2) is 23.7 Å². The van der Waals surface area contributed by atoms with E-state index in [0.717, 1.165) is 36.3 Å². The van der Waals surface area contributed by atoms with Gasteiger partial charge in [0.2, 0.25) is 0 Å². The summed E-state index contributed by atoms with van der Waals surface area (Å²) >= 11 is 0. The molecule has 0 saturated carbocycles. The number of alkyl halides is 2. The molecular weight excluding hydrogens is 388 g/mol. The van der Waals surface area contributed by atoms with Crippen molar-refractivity contribution in [1.29, 1.82) is 0 Å². The van der Waals surface area contributed by atoms with E-state index in [2.05, 4.69) is 25.2 Å². The first-order chi connectivity index (χ1) is 14.5. The third kappa shape index (κ3) is 4.27. The topological polar surface area (TPSA) is 71.0 Å². The van der Waals surface area contributed by atoms with Gasteiger partial charge in [0, 0.05) is 36.3 Å². The van der Waals surface area contributed by atoms with Crippen LogP contribution in [0, 0.1) is 6.92 Å².